The normalized spacial score (nSPS) is 10.2. The highest BCUT2D eigenvalue weighted by molar-refractivity contribution is 5.93. The molecule has 0 spiro atoms. The van der Waals surface area contributed by atoms with Crippen LogP contribution in [0.4, 0.5) is 0 Å². The van der Waals surface area contributed by atoms with Crippen LogP contribution in [-0.2, 0) is 6.42 Å². The molecule has 0 bridgehead atoms. The number of carbonyl (C=O) groups is 1. The topological polar surface area (TPSA) is 35.5 Å². The fourth-order valence-electron chi connectivity index (χ4n) is 2.15. The monoisotopic (exact) mass is 284 g/mol. The lowest BCUT2D eigenvalue weighted by Gasteiger charge is -2.12. The first-order valence-electron chi connectivity index (χ1n) is 7.19. The van der Waals surface area contributed by atoms with Crippen molar-refractivity contribution in [2.75, 3.05) is 6.61 Å². The molecule has 0 N–H and O–H groups in total. The summed E-state index contributed by atoms with van der Waals surface area (Å²) in [4.78, 5) is 12.4. The number of rotatable bonds is 5. The number of hydrogen-bond donors (Lipinski definition) is 0. The van der Waals surface area contributed by atoms with Crippen molar-refractivity contribution in [2.24, 2.45) is 0 Å². The summed E-state index contributed by atoms with van der Waals surface area (Å²) in [5.74, 6) is 0.704. The van der Waals surface area contributed by atoms with Gasteiger partial charge in [0.1, 0.15) is 0 Å². The van der Waals surface area contributed by atoms with Crippen molar-refractivity contribution in [1.82, 2.24) is 0 Å². The summed E-state index contributed by atoms with van der Waals surface area (Å²) in [5.41, 5.74) is 2.64. The second-order valence-electron chi connectivity index (χ2n) is 4.78. The summed E-state index contributed by atoms with van der Waals surface area (Å²) in [7, 11) is 0. The summed E-state index contributed by atoms with van der Waals surface area (Å²) in [6, 6.07) is 13.0. The summed E-state index contributed by atoms with van der Waals surface area (Å²) in [5, 5.41) is 0. The zero-order chi connectivity index (χ0) is 15.2. The maximum absolute atomic E-state index is 12.4. The van der Waals surface area contributed by atoms with Gasteiger partial charge in [0.25, 0.3) is 0 Å². The molecule has 0 aliphatic carbocycles. The van der Waals surface area contributed by atoms with E-state index < -0.39 is 0 Å². The number of carbonyl (C=O) groups excluding carboxylic acids is 1. The summed E-state index contributed by atoms with van der Waals surface area (Å²) < 4.78 is 11.1. The molecule has 3 heteroatoms. The number of esters is 1. The third-order valence-electron chi connectivity index (χ3n) is 3.22. The molecule has 2 aromatic carbocycles. The van der Waals surface area contributed by atoms with Gasteiger partial charge in [0.2, 0.25) is 0 Å². The van der Waals surface area contributed by atoms with Gasteiger partial charge in [-0.15, -0.1) is 0 Å². The predicted molar refractivity (Wildman–Crippen MR) is 83.1 cm³/mol. The number of hydrogen-bond acceptors (Lipinski definition) is 3. The van der Waals surface area contributed by atoms with Gasteiger partial charge < -0.3 is 9.47 Å². The second kappa shape index (κ2) is 6.93. The van der Waals surface area contributed by atoms with Crippen LogP contribution < -0.4 is 9.47 Å². The Morgan fingerprint density at radius 3 is 2.52 bits per heavy atom. The first-order valence-corrected chi connectivity index (χ1v) is 7.19. The highest BCUT2D eigenvalue weighted by Crippen LogP contribution is 2.29. The van der Waals surface area contributed by atoms with Crippen LogP contribution in [0.5, 0.6) is 11.5 Å². The van der Waals surface area contributed by atoms with Crippen LogP contribution in [0.25, 0.3) is 0 Å². The van der Waals surface area contributed by atoms with E-state index in [2.05, 4.69) is 0 Å². The number of aryl methyl sites for hydroxylation is 2. The molecule has 21 heavy (non-hydrogen) atoms. The Balaban J connectivity index is 2.27. The van der Waals surface area contributed by atoms with Crippen molar-refractivity contribution in [3.05, 3.63) is 59.2 Å². The maximum atomic E-state index is 12.4. The van der Waals surface area contributed by atoms with Crippen molar-refractivity contribution < 1.29 is 14.3 Å². The molecular formula is C18H20O3. The number of benzene rings is 2. The van der Waals surface area contributed by atoms with Crippen molar-refractivity contribution in [3.63, 3.8) is 0 Å². The lowest BCUT2D eigenvalue weighted by molar-refractivity contribution is 0.0727. The van der Waals surface area contributed by atoms with E-state index >= 15 is 0 Å². The van der Waals surface area contributed by atoms with Crippen LogP contribution in [0.2, 0.25) is 0 Å². The van der Waals surface area contributed by atoms with E-state index in [0.717, 1.165) is 17.5 Å². The van der Waals surface area contributed by atoms with E-state index in [1.165, 1.54) is 0 Å². The molecule has 0 unspecified atom stereocenters. The molecule has 3 nitrogen and oxygen atoms in total. The van der Waals surface area contributed by atoms with Crippen molar-refractivity contribution in [2.45, 2.75) is 27.2 Å². The van der Waals surface area contributed by atoms with Gasteiger partial charge in [-0.25, -0.2) is 4.79 Å². The van der Waals surface area contributed by atoms with E-state index in [9.17, 15) is 4.79 Å². The minimum atomic E-state index is -0.350. The first kappa shape index (κ1) is 15.1. The molecule has 0 fully saturated rings. The van der Waals surface area contributed by atoms with Gasteiger partial charge in [0.05, 0.1) is 12.2 Å². The molecule has 0 heterocycles. The van der Waals surface area contributed by atoms with Crippen LogP contribution in [0.1, 0.15) is 35.3 Å². The minimum Gasteiger partial charge on any atom is -0.490 e. The smallest absolute Gasteiger partial charge is 0.343 e. The minimum absolute atomic E-state index is 0.350. The molecule has 0 radical (unpaired) electrons. The zero-order valence-corrected chi connectivity index (χ0v) is 12.7. The highest BCUT2D eigenvalue weighted by atomic mass is 16.6. The van der Waals surface area contributed by atoms with E-state index in [1.807, 2.05) is 51.1 Å². The predicted octanol–water partition coefficient (Wildman–Crippen LogP) is 4.18. The van der Waals surface area contributed by atoms with Gasteiger partial charge >= 0.3 is 5.97 Å². The van der Waals surface area contributed by atoms with E-state index in [4.69, 9.17) is 9.47 Å². The molecule has 2 rings (SSSR count). The Hall–Kier alpha value is -2.29. The average Bonchev–Trinajstić information content (AvgIpc) is 2.50. The third-order valence-corrected chi connectivity index (χ3v) is 3.22. The van der Waals surface area contributed by atoms with Gasteiger partial charge in [0.15, 0.2) is 11.5 Å². The molecule has 0 aliphatic rings. The average molecular weight is 284 g/mol. The second-order valence-corrected chi connectivity index (χ2v) is 4.78. The molecule has 2 aromatic rings. The van der Waals surface area contributed by atoms with Gasteiger partial charge in [-0.2, -0.15) is 0 Å². The lowest BCUT2D eigenvalue weighted by Crippen LogP contribution is -2.12. The quantitative estimate of drug-likeness (QED) is 0.610. The van der Waals surface area contributed by atoms with Gasteiger partial charge in [-0.1, -0.05) is 31.2 Å². The Bertz CT molecular complexity index is 632. The molecule has 0 saturated heterocycles. The van der Waals surface area contributed by atoms with Crippen LogP contribution in [-0.4, -0.2) is 12.6 Å². The summed E-state index contributed by atoms with van der Waals surface area (Å²) in [6.07, 6.45) is 0.789. The summed E-state index contributed by atoms with van der Waals surface area (Å²) in [6.45, 7) is 6.42. The van der Waals surface area contributed by atoms with E-state index in [1.54, 1.807) is 12.1 Å². The summed E-state index contributed by atoms with van der Waals surface area (Å²) >= 11 is 0. The van der Waals surface area contributed by atoms with Gasteiger partial charge in [0, 0.05) is 0 Å². The Kier molecular flexibility index (Phi) is 4.99. The van der Waals surface area contributed by atoms with Crippen LogP contribution in [0.3, 0.4) is 0 Å². The molecule has 0 atom stereocenters. The van der Waals surface area contributed by atoms with Crippen molar-refractivity contribution in [3.8, 4) is 11.5 Å². The van der Waals surface area contributed by atoms with Crippen LogP contribution in [0.15, 0.2) is 42.5 Å². The largest absolute Gasteiger partial charge is 0.490 e. The number of ether oxygens (including phenoxy) is 2. The first-order chi connectivity index (χ1) is 10.2. The van der Waals surface area contributed by atoms with E-state index in [-0.39, 0.29) is 5.97 Å². The zero-order valence-electron chi connectivity index (χ0n) is 12.7. The molecule has 110 valence electrons. The van der Waals surface area contributed by atoms with Crippen molar-refractivity contribution >= 4 is 5.97 Å². The molecule has 0 aliphatic heterocycles. The molecule has 0 aromatic heterocycles. The SMILES string of the molecule is CCOc1cc(C)ccc1OC(=O)c1ccccc1CC. The van der Waals surface area contributed by atoms with Crippen LogP contribution >= 0.6 is 0 Å². The standard InChI is InChI=1S/C18H20O3/c1-4-14-8-6-7-9-15(14)18(19)21-16-11-10-13(3)12-17(16)20-5-2/h6-12H,4-5H2,1-3H3. The lowest BCUT2D eigenvalue weighted by atomic mass is 10.1. The van der Waals surface area contributed by atoms with Gasteiger partial charge in [-0.05, 0) is 49.6 Å². The van der Waals surface area contributed by atoms with E-state index in [0.29, 0.717) is 23.7 Å². The molecule has 0 amide bonds. The maximum Gasteiger partial charge on any atom is 0.343 e. The molecule has 0 saturated carbocycles. The highest BCUT2D eigenvalue weighted by Gasteiger charge is 2.15. The molecular weight excluding hydrogens is 264 g/mol. The Morgan fingerprint density at radius 2 is 1.81 bits per heavy atom. The fourth-order valence-corrected chi connectivity index (χ4v) is 2.15. The fraction of sp³-hybridized carbons (Fsp3) is 0.278. The Morgan fingerprint density at radius 1 is 1.05 bits per heavy atom. The van der Waals surface area contributed by atoms with Crippen LogP contribution in [0, 0.1) is 6.92 Å². The Labute approximate surface area is 125 Å². The van der Waals surface area contributed by atoms with Gasteiger partial charge in [-0.3, -0.25) is 0 Å². The van der Waals surface area contributed by atoms with Crippen molar-refractivity contribution in [1.29, 1.82) is 0 Å². The third kappa shape index (κ3) is 3.63.